The second kappa shape index (κ2) is 7.35. The highest BCUT2D eigenvalue weighted by molar-refractivity contribution is 7.80. The molecule has 1 heterocycles. The fourth-order valence-corrected chi connectivity index (χ4v) is 1.88. The second-order valence-corrected chi connectivity index (χ2v) is 4.61. The number of carbonyl (C=O) groups is 1. The van der Waals surface area contributed by atoms with Crippen LogP contribution in [0.3, 0.4) is 0 Å². The van der Waals surface area contributed by atoms with E-state index in [2.05, 4.69) is 20.4 Å². The van der Waals surface area contributed by atoms with Gasteiger partial charge in [-0.1, -0.05) is 18.2 Å². The minimum atomic E-state index is -0.386. The van der Waals surface area contributed by atoms with E-state index >= 15 is 0 Å². The normalized spacial score (nSPS) is 9.76. The third kappa shape index (κ3) is 4.54. The lowest BCUT2D eigenvalue weighted by molar-refractivity contribution is 0.0600. The minimum absolute atomic E-state index is 0.386. The van der Waals surface area contributed by atoms with E-state index < -0.39 is 0 Å². The fraction of sp³-hybridized carbons (Fsp3) is 0.133. The fourth-order valence-electron chi connectivity index (χ4n) is 1.69. The molecule has 6 heteroatoms. The summed E-state index contributed by atoms with van der Waals surface area (Å²) in [6.45, 7) is 0.420. The minimum Gasteiger partial charge on any atom is -0.465 e. The van der Waals surface area contributed by atoms with Crippen molar-refractivity contribution in [2.45, 2.75) is 6.54 Å². The number of thiocarbonyl (C=S) groups is 1. The number of rotatable bonds is 4. The average Bonchev–Trinajstić information content (AvgIpc) is 2.53. The van der Waals surface area contributed by atoms with Gasteiger partial charge in [0.1, 0.15) is 0 Å². The number of esters is 1. The zero-order valence-corrected chi connectivity index (χ0v) is 12.3. The van der Waals surface area contributed by atoms with Crippen molar-refractivity contribution in [3.63, 3.8) is 0 Å². The number of nitrogens with zero attached hydrogens (tertiary/aromatic N) is 1. The van der Waals surface area contributed by atoms with Gasteiger partial charge in [-0.15, -0.1) is 0 Å². The summed E-state index contributed by atoms with van der Waals surface area (Å²) < 4.78 is 4.67. The van der Waals surface area contributed by atoms with Gasteiger partial charge in [-0.05, 0) is 36.5 Å². The number of para-hydroxylation sites is 1. The maximum Gasteiger partial charge on any atom is 0.337 e. The topological polar surface area (TPSA) is 63.2 Å². The Hall–Kier alpha value is -2.47. The Labute approximate surface area is 128 Å². The van der Waals surface area contributed by atoms with E-state index in [4.69, 9.17) is 12.2 Å². The number of carbonyl (C=O) groups excluding carboxylic acids is 1. The molecular weight excluding hydrogens is 286 g/mol. The molecule has 0 aliphatic carbocycles. The molecule has 0 fully saturated rings. The Bertz CT molecular complexity index is 632. The lowest BCUT2D eigenvalue weighted by atomic mass is 10.2. The largest absolute Gasteiger partial charge is 0.465 e. The van der Waals surface area contributed by atoms with Crippen LogP contribution in [0.4, 0.5) is 5.69 Å². The molecule has 2 aromatic rings. The van der Waals surface area contributed by atoms with E-state index in [1.54, 1.807) is 18.3 Å². The van der Waals surface area contributed by atoms with Crippen LogP contribution in [-0.2, 0) is 11.3 Å². The molecule has 0 aliphatic rings. The van der Waals surface area contributed by atoms with Crippen LogP contribution in [0.1, 0.15) is 16.1 Å². The molecule has 1 aromatic heterocycles. The van der Waals surface area contributed by atoms with Crippen molar-refractivity contribution < 1.29 is 9.53 Å². The van der Waals surface area contributed by atoms with Gasteiger partial charge in [-0.25, -0.2) is 4.79 Å². The molecule has 2 N–H and O–H groups in total. The number of methoxy groups -OCH3 is 1. The van der Waals surface area contributed by atoms with Crippen LogP contribution in [0.25, 0.3) is 0 Å². The summed E-state index contributed by atoms with van der Waals surface area (Å²) in [6.07, 6.45) is 1.57. The van der Waals surface area contributed by atoms with Crippen LogP contribution in [0, 0.1) is 0 Å². The zero-order chi connectivity index (χ0) is 15.1. The molecule has 0 unspecified atom stereocenters. The van der Waals surface area contributed by atoms with Crippen LogP contribution in [0.5, 0.6) is 0 Å². The van der Waals surface area contributed by atoms with E-state index in [9.17, 15) is 4.79 Å². The molecule has 0 atom stereocenters. The standard InChI is InChI=1S/C15H15N3O2S/c1-20-14(19)11-7-8-16-13(9-11)10-17-15(21)18-12-5-3-2-4-6-12/h2-9H,10H2,1H3,(H2,17,18,21). The predicted molar refractivity (Wildman–Crippen MR) is 85.1 cm³/mol. The van der Waals surface area contributed by atoms with E-state index in [1.165, 1.54) is 7.11 Å². The summed E-state index contributed by atoms with van der Waals surface area (Å²) in [5.41, 5.74) is 2.08. The summed E-state index contributed by atoms with van der Waals surface area (Å²) in [6, 6.07) is 12.9. The first-order chi connectivity index (χ1) is 10.2. The van der Waals surface area contributed by atoms with Crippen LogP contribution in [0.15, 0.2) is 48.7 Å². The first kappa shape index (κ1) is 14.9. The number of hydrogen-bond acceptors (Lipinski definition) is 4. The van der Waals surface area contributed by atoms with Crippen molar-refractivity contribution in [1.29, 1.82) is 0 Å². The molecule has 0 radical (unpaired) electrons. The van der Waals surface area contributed by atoms with Gasteiger partial charge in [0.05, 0.1) is 24.9 Å². The zero-order valence-electron chi connectivity index (χ0n) is 11.5. The molecule has 0 saturated carbocycles. The summed E-state index contributed by atoms with van der Waals surface area (Å²) in [4.78, 5) is 15.6. The Morgan fingerprint density at radius 3 is 2.76 bits per heavy atom. The Kier molecular flexibility index (Phi) is 5.22. The first-order valence-electron chi connectivity index (χ1n) is 6.32. The molecule has 1 aromatic carbocycles. The van der Waals surface area contributed by atoms with Crippen molar-refractivity contribution in [3.05, 3.63) is 59.9 Å². The van der Waals surface area contributed by atoms with Gasteiger partial charge >= 0.3 is 5.97 Å². The summed E-state index contributed by atoms with van der Waals surface area (Å²) in [5.74, 6) is -0.386. The van der Waals surface area contributed by atoms with E-state index in [-0.39, 0.29) is 5.97 Å². The van der Waals surface area contributed by atoms with Crippen molar-refractivity contribution in [1.82, 2.24) is 10.3 Å². The van der Waals surface area contributed by atoms with Crippen molar-refractivity contribution in [3.8, 4) is 0 Å². The molecule has 5 nitrogen and oxygen atoms in total. The molecule has 0 bridgehead atoms. The summed E-state index contributed by atoms with van der Waals surface area (Å²) in [5, 5.41) is 6.59. The van der Waals surface area contributed by atoms with Crippen LogP contribution < -0.4 is 10.6 Å². The number of nitrogens with one attached hydrogen (secondary N) is 2. The molecule has 2 rings (SSSR count). The molecule has 21 heavy (non-hydrogen) atoms. The van der Waals surface area contributed by atoms with E-state index in [0.29, 0.717) is 22.9 Å². The number of pyridine rings is 1. The van der Waals surface area contributed by atoms with E-state index in [1.807, 2.05) is 30.3 Å². The number of benzene rings is 1. The Morgan fingerprint density at radius 1 is 1.29 bits per heavy atom. The Morgan fingerprint density at radius 2 is 2.05 bits per heavy atom. The van der Waals surface area contributed by atoms with Crippen molar-refractivity contribution in [2.75, 3.05) is 12.4 Å². The van der Waals surface area contributed by atoms with Gasteiger partial charge in [-0.3, -0.25) is 4.98 Å². The van der Waals surface area contributed by atoms with Gasteiger partial charge in [0.25, 0.3) is 0 Å². The van der Waals surface area contributed by atoms with Gasteiger partial charge in [0.2, 0.25) is 0 Å². The van der Waals surface area contributed by atoms with Gasteiger partial charge < -0.3 is 15.4 Å². The molecule has 108 valence electrons. The highest BCUT2D eigenvalue weighted by Gasteiger charge is 2.06. The highest BCUT2D eigenvalue weighted by atomic mass is 32.1. The number of aromatic nitrogens is 1. The van der Waals surface area contributed by atoms with Crippen LogP contribution in [0.2, 0.25) is 0 Å². The lowest BCUT2D eigenvalue weighted by Gasteiger charge is -2.10. The molecule has 0 aliphatic heterocycles. The Balaban J connectivity index is 1.91. The summed E-state index contributed by atoms with van der Waals surface area (Å²) in [7, 11) is 1.35. The first-order valence-corrected chi connectivity index (χ1v) is 6.73. The quantitative estimate of drug-likeness (QED) is 0.668. The monoisotopic (exact) mass is 301 g/mol. The molecule has 0 amide bonds. The van der Waals surface area contributed by atoms with Gasteiger partial charge in [0, 0.05) is 11.9 Å². The van der Waals surface area contributed by atoms with Crippen molar-refractivity contribution in [2.24, 2.45) is 0 Å². The molecule has 0 saturated heterocycles. The van der Waals surface area contributed by atoms with E-state index in [0.717, 1.165) is 5.69 Å². The predicted octanol–water partition coefficient (Wildman–Crippen LogP) is 2.35. The second-order valence-electron chi connectivity index (χ2n) is 4.20. The third-order valence-corrected chi connectivity index (χ3v) is 2.95. The number of anilines is 1. The van der Waals surface area contributed by atoms with Gasteiger partial charge in [-0.2, -0.15) is 0 Å². The lowest BCUT2D eigenvalue weighted by Crippen LogP contribution is -2.28. The summed E-state index contributed by atoms with van der Waals surface area (Å²) >= 11 is 5.20. The maximum atomic E-state index is 11.4. The average molecular weight is 301 g/mol. The SMILES string of the molecule is COC(=O)c1ccnc(CNC(=S)Nc2ccccc2)c1. The maximum absolute atomic E-state index is 11.4. The molecular formula is C15H15N3O2S. The molecule has 0 spiro atoms. The van der Waals surface area contributed by atoms with Crippen LogP contribution >= 0.6 is 12.2 Å². The van der Waals surface area contributed by atoms with Gasteiger partial charge in [0.15, 0.2) is 5.11 Å². The number of hydrogen-bond donors (Lipinski definition) is 2. The van der Waals surface area contributed by atoms with Crippen molar-refractivity contribution >= 4 is 29.0 Å². The number of ether oxygens (including phenoxy) is 1. The third-order valence-electron chi connectivity index (χ3n) is 2.70. The van der Waals surface area contributed by atoms with Crippen LogP contribution in [-0.4, -0.2) is 23.2 Å². The highest BCUT2D eigenvalue weighted by Crippen LogP contribution is 2.06. The smallest absolute Gasteiger partial charge is 0.337 e.